The van der Waals surface area contributed by atoms with Gasteiger partial charge in [-0.25, -0.2) is 0 Å². The SMILES string of the molecule is O=Cc1ccccc1C#CCC(O)c1cccc(Br)c1. The number of carbonyl (C=O) groups is 1. The molecule has 2 aromatic rings. The number of carbonyl (C=O) groups excluding carboxylic acids is 1. The molecule has 1 N–H and O–H groups in total. The van der Waals surface area contributed by atoms with Gasteiger partial charge in [0.1, 0.15) is 0 Å². The zero-order valence-corrected chi connectivity index (χ0v) is 12.3. The number of aliphatic hydroxyl groups excluding tert-OH is 1. The van der Waals surface area contributed by atoms with E-state index < -0.39 is 6.10 Å². The Morgan fingerprint density at radius 2 is 2.00 bits per heavy atom. The van der Waals surface area contributed by atoms with Crippen LogP contribution in [0.1, 0.15) is 34.0 Å². The monoisotopic (exact) mass is 328 g/mol. The second-order valence-electron chi connectivity index (χ2n) is 4.28. The van der Waals surface area contributed by atoms with E-state index >= 15 is 0 Å². The van der Waals surface area contributed by atoms with Crippen LogP contribution in [0.15, 0.2) is 53.0 Å². The predicted molar refractivity (Wildman–Crippen MR) is 82.4 cm³/mol. The first kappa shape index (κ1) is 14.5. The van der Waals surface area contributed by atoms with Crippen molar-refractivity contribution in [3.05, 3.63) is 69.7 Å². The van der Waals surface area contributed by atoms with Crippen molar-refractivity contribution < 1.29 is 9.90 Å². The van der Waals surface area contributed by atoms with Gasteiger partial charge >= 0.3 is 0 Å². The molecule has 0 bridgehead atoms. The fraction of sp³-hybridized carbons (Fsp3) is 0.118. The second kappa shape index (κ2) is 7.04. The van der Waals surface area contributed by atoms with Crippen LogP contribution < -0.4 is 0 Å². The van der Waals surface area contributed by atoms with Gasteiger partial charge in [0.15, 0.2) is 6.29 Å². The van der Waals surface area contributed by atoms with Crippen molar-refractivity contribution in [2.45, 2.75) is 12.5 Å². The van der Waals surface area contributed by atoms with Crippen molar-refractivity contribution in [3.63, 3.8) is 0 Å². The molecule has 2 aromatic carbocycles. The minimum atomic E-state index is -0.636. The molecule has 0 saturated heterocycles. The highest BCUT2D eigenvalue weighted by Crippen LogP contribution is 2.20. The number of halogens is 1. The van der Waals surface area contributed by atoms with Crippen LogP contribution in [0.5, 0.6) is 0 Å². The summed E-state index contributed by atoms with van der Waals surface area (Å²) in [5, 5.41) is 10.1. The quantitative estimate of drug-likeness (QED) is 0.688. The van der Waals surface area contributed by atoms with Crippen LogP contribution in [0.2, 0.25) is 0 Å². The molecule has 3 heteroatoms. The van der Waals surface area contributed by atoms with Crippen LogP contribution in [0.25, 0.3) is 0 Å². The lowest BCUT2D eigenvalue weighted by molar-refractivity contribution is 0.112. The van der Waals surface area contributed by atoms with E-state index in [1.54, 1.807) is 18.2 Å². The number of benzene rings is 2. The van der Waals surface area contributed by atoms with Crippen LogP contribution in [0.4, 0.5) is 0 Å². The van der Waals surface area contributed by atoms with Gasteiger partial charge in [-0.05, 0) is 23.8 Å². The van der Waals surface area contributed by atoms with E-state index in [1.165, 1.54) is 0 Å². The van der Waals surface area contributed by atoms with E-state index in [9.17, 15) is 9.90 Å². The molecule has 20 heavy (non-hydrogen) atoms. The maximum absolute atomic E-state index is 10.9. The summed E-state index contributed by atoms with van der Waals surface area (Å²) in [5.74, 6) is 5.85. The smallest absolute Gasteiger partial charge is 0.151 e. The normalized spacial score (nSPS) is 11.3. The van der Waals surface area contributed by atoms with Crippen LogP contribution in [0, 0.1) is 11.8 Å². The van der Waals surface area contributed by atoms with Crippen LogP contribution >= 0.6 is 15.9 Å². The Labute approximate surface area is 126 Å². The maximum Gasteiger partial charge on any atom is 0.151 e. The van der Waals surface area contributed by atoms with Crippen molar-refractivity contribution in [2.24, 2.45) is 0 Å². The summed E-state index contributed by atoms with van der Waals surface area (Å²) >= 11 is 3.37. The Morgan fingerprint density at radius 1 is 1.20 bits per heavy atom. The van der Waals surface area contributed by atoms with E-state index in [-0.39, 0.29) is 0 Å². The Kier molecular flexibility index (Phi) is 5.11. The van der Waals surface area contributed by atoms with Gasteiger partial charge in [0.25, 0.3) is 0 Å². The zero-order chi connectivity index (χ0) is 14.4. The molecular formula is C17H13BrO2. The topological polar surface area (TPSA) is 37.3 Å². The van der Waals surface area contributed by atoms with Gasteiger partial charge in [-0.15, -0.1) is 0 Å². The Hall–Kier alpha value is -1.89. The van der Waals surface area contributed by atoms with E-state index in [0.717, 1.165) is 16.3 Å². The van der Waals surface area contributed by atoms with E-state index in [1.807, 2.05) is 30.3 Å². The molecule has 0 spiro atoms. The molecule has 0 aliphatic heterocycles. The number of rotatable bonds is 3. The van der Waals surface area contributed by atoms with Crippen molar-refractivity contribution in [1.82, 2.24) is 0 Å². The molecular weight excluding hydrogens is 316 g/mol. The first-order valence-corrected chi connectivity index (χ1v) is 6.96. The molecule has 2 rings (SSSR count). The van der Waals surface area contributed by atoms with Gasteiger partial charge in [0.2, 0.25) is 0 Å². The van der Waals surface area contributed by atoms with Crippen molar-refractivity contribution in [3.8, 4) is 11.8 Å². The summed E-state index contributed by atoms with van der Waals surface area (Å²) in [6.45, 7) is 0. The largest absolute Gasteiger partial charge is 0.387 e. The first-order chi connectivity index (χ1) is 9.70. The molecule has 0 saturated carbocycles. The third kappa shape index (κ3) is 3.80. The number of hydrogen-bond donors (Lipinski definition) is 1. The molecule has 0 amide bonds. The zero-order valence-electron chi connectivity index (χ0n) is 10.7. The molecule has 0 aliphatic rings. The lowest BCUT2D eigenvalue weighted by atomic mass is 10.1. The average molecular weight is 329 g/mol. The highest BCUT2D eigenvalue weighted by atomic mass is 79.9. The van der Waals surface area contributed by atoms with E-state index in [2.05, 4.69) is 27.8 Å². The molecule has 0 radical (unpaired) electrons. The van der Waals surface area contributed by atoms with Gasteiger partial charge in [0.05, 0.1) is 6.10 Å². The third-order valence-corrected chi connectivity index (χ3v) is 3.33. The van der Waals surface area contributed by atoms with Gasteiger partial charge in [-0.3, -0.25) is 4.79 Å². The molecule has 0 heterocycles. The predicted octanol–water partition coefficient (Wildman–Crippen LogP) is 3.74. The van der Waals surface area contributed by atoms with Crippen LogP contribution in [0.3, 0.4) is 0 Å². The van der Waals surface area contributed by atoms with E-state index in [0.29, 0.717) is 17.5 Å². The van der Waals surface area contributed by atoms with Crippen LogP contribution in [-0.2, 0) is 0 Å². The molecule has 0 aromatic heterocycles. The van der Waals surface area contributed by atoms with E-state index in [4.69, 9.17) is 0 Å². The lowest BCUT2D eigenvalue weighted by Gasteiger charge is -2.07. The van der Waals surface area contributed by atoms with Gasteiger partial charge in [-0.2, -0.15) is 0 Å². The number of aldehydes is 1. The summed E-state index contributed by atoms with van der Waals surface area (Å²) in [4.78, 5) is 10.9. The van der Waals surface area contributed by atoms with Crippen molar-refractivity contribution in [1.29, 1.82) is 0 Å². The van der Waals surface area contributed by atoms with Gasteiger partial charge in [-0.1, -0.05) is 58.1 Å². The van der Waals surface area contributed by atoms with Gasteiger partial charge < -0.3 is 5.11 Å². The number of hydrogen-bond acceptors (Lipinski definition) is 2. The number of aliphatic hydroxyl groups is 1. The summed E-state index contributed by atoms with van der Waals surface area (Å²) in [7, 11) is 0. The maximum atomic E-state index is 10.9. The third-order valence-electron chi connectivity index (χ3n) is 2.84. The standard InChI is InChI=1S/C17H13BrO2/c18-16-9-3-8-14(11-16)17(20)10-4-7-13-5-1-2-6-15(13)12-19/h1-3,5-6,8-9,11-12,17,20H,10H2. The lowest BCUT2D eigenvalue weighted by Crippen LogP contribution is -1.95. The molecule has 1 atom stereocenters. The fourth-order valence-electron chi connectivity index (χ4n) is 1.79. The average Bonchev–Trinajstić information content (AvgIpc) is 2.47. The summed E-state index contributed by atoms with van der Waals surface area (Å²) in [6.07, 6.45) is 0.474. The summed E-state index contributed by atoms with van der Waals surface area (Å²) in [6, 6.07) is 14.7. The van der Waals surface area contributed by atoms with Crippen LogP contribution in [-0.4, -0.2) is 11.4 Å². The minimum Gasteiger partial charge on any atom is -0.387 e. The fourth-order valence-corrected chi connectivity index (χ4v) is 2.21. The molecule has 100 valence electrons. The molecule has 1 unspecified atom stereocenters. The highest BCUT2D eigenvalue weighted by molar-refractivity contribution is 9.10. The Bertz CT molecular complexity index is 668. The molecule has 2 nitrogen and oxygen atoms in total. The Balaban J connectivity index is 2.09. The second-order valence-corrected chi connectivity index (χ2v) is 5.20. The van der Waals surface area contributed by atoms with Gasteiger partial charge in [0, 0.05) is 22.0 Å². The summed E-state index contributed by atoms with van der Waals surface area (Å²) in [5.41, 5.74) is 2.07. The molecule has 0 aliphatic carbocycles. The van der Waals surface area contributed by atoms with Crippen molar-refractivity contribution >= 4 is 22.2 Å². The van der Waals surface area contributed by atoms with Crippen molar-refractivity contribution in [2.75, 3.05) is 0 Å². The molecule has 0 fully saturated rings. The highest BCUT2D eigenvalue weighted by Gasteiger charge is 2.05. The first-order valence-electron chi connectivity index (χ1n) is 6.17. The Morgan fingerprint density at radius 3 is 2.75 bits per heavy atom. The summed E-state index contributed by atoms with van der Waals surface area (Å²) < 4.78 is 0.924. The minimum absolute atomic E-state index is 0.323.